The van der Waals surface area contributed by atoms with Crippen LogP contribution in [0.5, 0.6) is 5.75 Å². The maximum atomic E-state index is 11.3. The fourth-order valence-corrected chi connectivity index (χ4v) is 3.16. The molecule has 1 unspecified atom stereocenters. The molecule has 3 N–H and O–H groups in total. The smallest absolute Gasteiger partial charge is 0.411 e. The van der Waals surface area contributed by atoms with Crippen molar-refractivity contribution in [3.05, 3.63) is 59.2 Å². The molecule has 1 aliphatic rings. The minimum atomic E-state index is -0.490. The van der Waals surface area contributed by atoms with Crippen molar-refractivity contribution in [1.82, 2.24) is 10.6 Å². The van der Waals surface area contributed by atoms with E-state index in [1.807, 2.05) is 24.3 Å². The zero-order valence-electron chi connectivity index (χ0n) is 18.2. The number of carbonyl (C=O) groups is 1. The Morgan fingerprint density at radius 2 is 1.94 bits per heavy atom. The summed E-state index contributed by atoms with van der Waals surface area (Å²) in [6, 6.07) is 13.7. The standard InChI is InChI=1S/C23H30N4O4/c1-16-4-7-18(21(12-16)31-20-10-11-30-15-20)14-26-22(24-2)25-13-17-5-8-19(9-6-17)27-23(28)29-3/h4-9,12,20H,10-11,13-15H2,1-3H3,(H,27,28)(H2,24,25,26). The van der Waals surface area contributed by atoms with Gasteiger partial charge in [0.25, 0.3) is 0 Å². The SMILES string of the molecule is CN=C(NCc1ccc(NC(=O)OC)cc1)NCc1ccc(C)cc1OC1CCOC1. The number of hydrogen-bond donors (Lipinski definition) is 3. The Morgan fingerprint density at radius 3 is 2.61 bits per heavy atom. The van der Waals surface area contributed by atoms with Crippen molar-refractivity contribution in [3.63, 3.8) is 0 Å². The molecule has 1 aliphatic heterocycles. The van der Waals surface area contributed by atoms with Crippen molar-refractivity contribution in [2.45, 2.75) is 32.5 Å². The molecule has 166 valence electrons. The lowest BCUT2D eigenvalue weighted by Crippen LogP contribution is -2.36. The molecule has 1 saturated heterocycles. The molecule has 1 amide bonds. The van der Waals surface area contributed by atoms with E-state index in [1.54, 1.807) is 7.05 Å². The molecular weight excluding hydrogens is 396 g/mol. The summed E-state index contributed by atoms with van der Waals surface area (Å²) in [7, 11) is 3.07. The van der Waals surface area contributed by atoms with Crippen molar-refractivity contribution < 1.29 is 19.0 Å². The second kappa shape index (κ2) is 11.2. The third-order valence-electron chi connectivity index (χ3n) is 4.92. The quantitative estimate of drug-likeness (QED) is 0.465. The van der Waals surface area contributed by atoms with Gasteiger partial charge in [-0.2, -0.15) is 0 Å². The van der Waals surface area contributed by atoms with Crippen LogP contribution in [0.4, 0.5) is 10.5 Å². The molecule has 2 aromatic rings. The molecule has 8 heteroatoms. The summed E-state index contributed by atoms with van der Waals surface area (Å²) < 4.78 is 16.2. The number of benzene rings is 2. The number of hydrogen-bond acceptors (Lipinski definition) is 5. The highest BCUT2D eigenvalue weighted by molar-refractivity contribution is 5.84. The van der Waals surface area contributed by atoms with Gasteiger partial charge in [-0.3, -0.25) is 10.3 Å². The number of rotatable bonds is 7. The van der Waals surface area contributed by atoms with Gasteiger partial charge in [-0.1, -0.05) is 24.3 Å². The number of amides is 1. The molecule has 0 aliphatic carbocycles. The Kier molecular flexibility index (Phi) is 8.12. The molecule has 3 rings (SSSR count). The first-order valence-electron chi connectivity index (χ1n) is 10.3. The van der Waals surface area contributed by atoms with Gasteiger partial charge < -0.3 is 24.8 Å². The maximum absolute atomic E-state index is 11.3. The van der Waals surface area contributed by atoms with Crippen LogP contribution < -0.4 is 20.7 Å². The molecule has 0 aromatic heterocycles. The average molecular weight is 427 g/mol. The van der Waals surface area contributed by atoms with Crippen LogP contribution >= 0.6 is 0 Å². The largest absolute Gasteiger partial charge is 0.488 e. The van der Waals surface area contributed by atoms with E-state index in [-0.39, 0.29) is 6.10 Å². The lowest BCUT2D eigenvalue weighted by Gasteiger charge is -2.18. The summed E-state index contributed by atoms with van der Waals surface area (Å²) in [6.45, 7) is 4.62. The molecule has 0 bridgehead atoms. The lowest BCUT2D eigenvalue weighted by atomic mass is 10.1. The summed E-state index contributed by atoms with van der Waals surface area (Å²) in [5.74, 6) is 1.57. The number of ether oxygens (including phenoxy) is 3. The number of guanidine groups is 1. The number of nitrogens with zero attached hydrogens (tertiary/aromatic N) is 1. The van der Waals surface area contributed by atoms with Crippen LogP contribution in [0.3, 0.4) is 0 Å². The van der Waals surface area contributed by atoms with E-state index in [4.69, 9.17) is 9.47 Å². The van der Waals surface area contributed by atoms with Gasteiger partial charge >= 0.3 is 6.09 Å². The monoisotopic (exact) mass is 426 g/mol. The molecule has 0 saturated carbocycles. The first-order valence-corrected chi connectivity index (χ1v) is 10.3. The van der Waals surface area contributed by atoms with Gasteiger partial charge in [0.1, 0.15) is 11.9 Å². The second-order valence-electron chi connectivity index (χ2n) is 7.31. The van der Waals surface area contributed by atoms with Crippen LogP contribution in [-0.2, 0) is 22.6 Å². The van der Waals surface area contributed by atoms with Crippen LogP contribution in [0.25, 0.3) is 0 Å². The third-order valence-corrected chi connectivity index (χ3v) is 4.92. The molecule has 8 nitrogen and oxygen atoms in total. The van der Waals surface area contributed by atoms with Crippen LogP contribution in [0.15, 0.2) is 47.5 Å². The molecule has 1 heterocycles. The molecule has 0 spiro atoms. The van der Waals surface area contributed by atoms with E-state index in [0.29, 0.717) is 31.3 Å². The van der Waals surface area contributed by atoms with Crippen molar-refractivity contribution in [3.8, 4) is 5.75 Å². The predicted molar refractivity (Wildman–Crippen MR) is 121 cm³/mol. The van der Waals surface area contributed by atoms with E-state index >= 15 is 0 Å². The zero-order valence-corrected chi connectivity index (χ0v) is 18.2. The normalized spacial score (nSPS) is 16.0. The highest BCUT2D eigenvalue weighted by Gasteiger charge is 2.18. The van der Waals surface area contributed by atoms with E-state index in [9.17, 15) is 4.79 Å². The summed E-state index contributed by atoms with van der Waals surface area (Å²) in [4.78, 5) is 15.6. The predicted octanol–water partition coefficient (Wildman–Crippen LogP) is 3.21. The number of aliphatic imine (C=N–C) groups is 1. The molecule has 1 fully saturated rings. The van der Waals surface area contributed by atoms with Crippen LogP contribution in [-0.4, -0.2) is 45.5 Å². The first kappa shape index (κ1) is 22.4. The summed E-state index contributed by atoms with van der Waals surface area (Å²) >= 11 is 0. The highest BCUT2D eigenvalue weighted by Crippen LogP contribution is 2.23. The number of nitrogens with one attached hydrogen (secondary N) is 3. The van der Waals surface area contributed by atoms with Crippen molar-refractivity contribution in [1.29, 1.82) is 0 Å². The Bertz CT molecular complexity index is 893. The number of methoxy groups -OCH3 is 1. The van der Waals surface area contributed by atoms with Gasteiger partial charge in [0.15, 0.2) is 5.96 Å². The highest BCUT2D eigenvalue weighted by atomic mass is 16.5. The fourth-order valence-electron chi connectivity index (χ4n) is 3.16. The van der Waals surface area contributed by atoms with Crippen molar-refractivity contribution >= 4 is 17.7 Å². The molecule has 0 radical (unpaired) electrons. The summed E-state index contributed by atoms with van der Waals surface area (Å²) in [5.41, 5.74) is 3.96. The van der Waals surface area contributed by atoms with E-state index in [0.717, 1.165) is 35.5 Å². The third kappa shape index (κ3) is 6.89. The minimum absolute atomic E-state index is 0.106. The first-order chi connectivity index (χ1) is 15.1. The van der Waals surface area contributed by atoms with Gasteiger partial charge in [-0.05, 0) is 36.2 Å². The van der Waals surface area contributed by atoms with Crippen LogP contribution in [0.2, 0.25) is 0 Å². The van der Waals surface area contributed by atoms with Gasteiger partial charge in [0.05, 0.1) is 20.3 Å². The van der Waals surface area contributed by atoms with Gasteiger partial charge in [-0.25, -0.2) is 4.79 Å². The Hall–Kier alpha value is -3.26. The van der Waals surface area contributed by atoms with Crippen molar-refractivity contribution in [2.24, 2.45) is 4.99 Å². The van der Waals surface area contributed by atoms with Crippen molar-refractivity contribution in [2.75, 3.05) is 32.7 Å². The molecular formula is C23H30N4O4. The van der Waals surface area contributed by atoms with E-state index < -0.39 is 6.09 Å². The molecule has 31 heavy (non-hydrogen) atoms. The van der Waals surface area contributed by atoms with Crippen LogP contribution in [0, 0.1) is 6.92 Å². The van der Waals surface area contributed by atoms with Gasteiger partial charge in [0, 0.05) is 37.8 Å². The fraction of sp³-hybridized carbons (Fsp3) is 0.391. The zero-order chi connectivity index (χ0) is 22.1. The maximum Gasteiger partial charge on any atom is 0.411 e. The topological polar surface area (TPSA) is 93.2 Å². The molecule has 2 aromatic carbocycles. The summed E-state index contributed by atoms with van der Waals surface area (Å²) in [5, 5.41) is 9.27. The Labute approximate surface area is 183 Å². The second-order valence-corrected chi connectivity index (χ2v) is 7.31. The lowest BCUT2D eigenvalue weighted by molar-refractivity contribution is 0.140. The van der Waals surface area contributed by atoms with E-state index in [2.05, 4.69) is 50.8 Å². The Morgan fingerprint density at radius 1 is 1.16 bits per heavy atom. The number of aryl methyl sites for hydroxylation is 1. The average Bonchev–Trinajstić information content (AvgIpc) is 3.29. The van der Waals surface area contributed by atoms with Gasteiger partial charge in [0.2, 0.25) is 0 Å². The Balaban J connectivity index is 1.53. The number of carbonyl (C=O) groups excluding carboxylic acids is 1. The van der Waals surface area contributed by atoms with E-state index in [1.165, 1.54) is 7.11 Å². The molecule has 1 atom stereocenters. The van der Waals surface area contributed by atoms with Crippen LogP contribution in [0.1, 0.15) is 23.1 Å². The van der Waals surface area contributed by atoms with Gasteiger partial charge in [-0.15, -0.1) is 0 Å². The summed E-state index contributed by atoms with van der Waals surface area (Å²) in [6.07, 6.45) is 0.530. The minimum Gasteiger partial charge on any atom is -0.488 e. The number of anilines is 1.